The van der Waals surface area contributed by atoms with E-state index < -0.39 is 18.0 Å². The van der Waals surface area contributed by atoms with Crippen molar-refractivity contribution in [3.8, 4) is 0 Å². The van der Waals surface area contributed by atoms with Gasteiger partial charge in [-0.2, -0.15) is 18.3 Å². The second-order valence-electron chi connectivity index (χ2n) is 6.41. The largest absolute Gasteiger partial charge is 0.393 e. The van der Waals surface area contributed by atoms with Crippen LogP contribution < -0.4 is 5.32 Å². The fraction of sp³-hybridized carbons (Fsp3) is 0.733. The average molecular weight is 403 g/mol. The number of halogens is 5. The maximum Gasteiger partial charge on any atom is 0.393 e. The molecule has 0 radical (unpaired) electrons. The van der Waals surface area contributed by atoms with E-state index in [4.69, 9.17) is 0 Å². The van der Waals surface area contributed by atoms with Crippen LogP contribution in [0.25, 0.3) is 0 Å². The van der Waals surface area contributed by atoms with Crippen molar-refractivity contribution in [1.29, 1.82) is 0 Å². The molecule has 0 bridgehead atoms. The molecule has 0 aromatic carbocycles. The summed E-state index contributed by atoms with van der Waals surface area (Å²) in [7, 11) is 0. The number of piperidine rings is 1. The number of nitrogens with zero attached hydrogens (tertiary/aromatic N) is 3. The molecule has 1 aromatic rings. The van der Waals surface area contributed by atoms with Crippen LogP contribution in [0.3, 0.4) is 0 Å². The number of amides is 1. The minimum absolute atomic E-state index is 0. The summed E-state index contributed by atoms with van der Waals surface area (Å²) in [5, 5.41) is 6.88. The number of carbonyl (C=O) groups excluding carboxylic acids is 1. The predicted octanol–water partition coefficient (Wildman–Crippen LogP) is 2.36. The van der Waals surface area contributed by atoms with Crippen LogP contribution in [-0.4, -0.2) is 52.9 Å². The van der Waals surface area contributed by atoms with Gasteiger partial charge >= 0.3 is 6.18 Å². The van der Waals surface area contributed by atoms with E-state index in [0.29, 0.717) is 19.0 Å². The summed E-state index contributed by atoms with van der Waals surface area (Å²) in [5.41, 5.74) is 0. The predicted molar refractivity (Wildman–Crippen MR) is 91.9 cm³/mol. The van der Waals surface area contributed by atoms with Gasteiger partial charge in [0.25, 0.3) is 0 Å². The molecule has 5 nitrogen and oxygen atoms in total. The molecule has 1 aromatic heterocycles. The van der Waals surface area contributed by atoms with Crippen LogP contribution in [0.2, 0.25) is 0 Å². The van der Waals surface area contributed by atoms with Crippen LogP contribution in [0.4, 0.5) is 13.2 Å². The van der Waals surface area contributed by atoms with Gasteiger partial charge in [-0.15, -0.1) is 24.8 Å². The molecule has 0 saturated carbocycles. The summed E-state index contributed by atoms with van der Waals surface area (Å²) in [6.07, 6.45) is 0.922. The fourth-order valence-corrected chi connectivity index (χ4v) is 3.53. The van der Waals surface area contributed by atoms with Gasteiger partial charge in [0, 0.05) is 45.1 Å². The van der Waals surface area contributed by atoms with Crippen LogP contribution in [0.1, 0.15) is 12.8 Å². The van der Waals surface area contributed by atoms with E-state index in [9.17, 15) is 18.0 Å². The van der Waals surface area contributed by atoms with Crippen LogP contribution in [0.15, 0.2) is 18.5 Å². The molecular formula is C15H23Cl2F3N4O. The van der Waals surface area contributed by atoms with E-state index in [1.54, 1.807) is 11.1 Å². The molecule has 2 aliphatic heterocycles. The first kappa shape index (κ1) is 22.1. The summed E-state index contributed by atoms with van der Waals surface area (Å²) in [6, 6.07) is 1.86. The molecule has 0 spiro atoms. The molecule has 1 N–H and O–H groups in total. The lowest BCUT2D eigenvalue weighted by Crippen LogP contribution is -2.46. The highest BCUT2D eigenvalue weighted by molar-refractivity contribution is 5.85. The second kappa shape index (κ2) is 9.09. The molecular weight excluding hydrogens is 380 g/mol. The lowest BCUT2D eigenvalue weighted by atomic mass is 9.91. The highest BCUT2D eigenvalue weighted by atomic mass is 35.5. The van der Waals surface area contributed by atoms with Crippen molar-refractivity contribution in [1.82, 2.24) is 20.0 Å². The Morgan fingerprint density at radius 2 is 1.88 bits per heavy atom. The molecule has 10 heteroatoms. The number of aromatic nitrogens is 2. The Hall–Kier alpha value is -0.990. The van der Waals surface area contributed by atoms with Crippen molar-refractivity contribution >= 4 is 30.7 Å². The second-order valence-corrected chi connectivity index (χ2v) is 6.41. The van der Waals surface area contributed by atoms with Gasteiger partial charge in [-0.05, 0) is 24.8 Å². The number of carbonyl (C=O) groups is 1. The molecule has 3 heterocycles. The molecule has 2 saturated heterocycles. The summed E-state index contributed by atoms with van der Waals surface area (Å²) in [4.78, 5) is 14.1. The van der Waals surface area contributed by atoms with Gasteiger partial charge in [0.1, 0.15) is 0 Å². The molecule has 0 aliphatic carbocycles. The van der Waals surface area contributed by atoms with Crippen LogP contribution in [-0.2, 0) is 11.3 Å². The molecule has 0 unspecified atom stereocenters. The maximum absolute atomic E-state index is 13.0. The third-order valence-electron chi connectivity index (χ3n) is 4.88. The van der Waals surface area contributed by atoms with E-state index >= 15 is 0 Å². The Morgan fingerprint density at radius 1 is 1.20 bits per heavy atom. The van der Waals surface area contributed by atoms with Crippen molar-refractivity contribution in [2.24, 2.45) is 17.8 Å². The number of hydrogen-bond acceptors (Lipinski definition) is 3. The van der Waals surface area contributed by atoms with Crippen molar-refractivity contribution < 1.29 is 18.0 Å². The first-order valence-corrected chi connectivity index (χ1v) is 7.99. The lowest BCUT2D eigenvalue weighted by Gasteiger charge is -2.34. The van der Waals surface area contributed by atoms with Gasteiger partial charge in [-0.3, -0.25) is 9.48 Å². The van der Waals surface area contributed by atoms with E-state index in [1.165, 1.54) is 0 Å². The maximum atomic E-state index is 13.0. The number of likely N-dealkylation sites (tertiary alicyclic amines) is 1. The van der Waals surface area contributed by atoms with Gasteiger partial charge in [-0.25, -0.2) is 0 Å². The third-order valence-corrected chi connectivity index (χ3v) is 4.88. The number of rotatable bonds is 3. The minimum Gasteiger partial charge on any atom is -0.342 e. The number of hydrogen-bond donors (Lipinski definition) is 1. The molecule has 2 atom stereocenters. The zero-order chi connectivity index (χ0) is 16.4. The van der Waals surface area contributed by atoms with Gasteiger partial charge in [-0.1, -0.05) is 0 Å². The zero-order valence-corrected chi connectivity index (χ0v) is 15.2. The van der Waals surface area contributed by atoms with Gasteiger partial charge in [0.15, 0.2) is 0 Å². The molecule has 2 fully saturated rings. The Morgan fingerprint density at radius 3 is 2.44 bits per heavy atom. The molecule has 1 amide bonds. The lowest BCUT2D eigenvalue weighted by molar-refractivity contribution is -0.185. The minimum atomic E-state index is -4.32. The zero-order valence-electron chi connectivity index (χ0n) is 13.6. The van der Waals surface area contributed by atoms with Crippen LogP contribution in [0, 0.1) is 17.8 Å². The third kappa shape index (κ3) is 5.24. The normalized spacial score (nSPS) is 24.5. The van der Waals surface area contributed by atoms with Crippen molar-refractivity contribution in [2.75, 3.05) is 26.2 Å². The smallest absolute Gasteiger partial charge is 0.342 e. The highest BCUT2D eigenvalue weighted by Gasteiger charge is 2.50. The van der Waals surface area contributed by atoms with Gasteiger partial charge in [0.2, 0.25) is 5.91 Å². The number of nitrogens with one attached hydrogen (secondary N) is 1. The SMILES string of the molecule is Cl.Cl.O=C([C@@H]1CNC[C@H]1C(F)(F)F)N1CCC(Cn2cccn2)CC1. The van der Waals surface area contributed by atoms with Crippen molar-refractivity contribution in [3.05, 3.63) is 18.5 Å². The highest BCUT2D eigenvalue weighted by Crippen LogP contribution is 2.35. The van der Waals surface area contributed by atoms with E-state index in [1.807, 2.05) is 16.9 Å². The monoisotopic (exact) mass is 402 g/mol. The number of alkyl halides is 3. The molecule has 2 aliphatic rings. The van der Waals surface area contributed by atoms with E-state index in [0.717, 1.165) is 19.4 Å². The Kier molecular flexibility index (Phi) is 8.02. The van der Waals surface area contributed by atoms with E-state index in [-0.39, 0.29) is 43.8 Å². The standard InChI is InChI=1S/C15H21F3N4O.2ClH/c16-15(17,18)13-9-19-8-12(13)14(23)21-6-2-11(3-7-21)10-22-5-1-4-20-22;;/h1,4-5,11-13,19H,2-3,6-10H2;2*1H/t12-,13-;;/m1../s1. The Labute approximate surface area is 157 Å². The molecule has 25 heavy (non-hydrogen) atoms. The summed E-state index contributed by atoms with van der Waals surface area (Å²) in [5.74, 6) is -2.47. The van der Waals surface area contributed by atoms with Crippen molar-refractivity contribution in [3.63, 3.8) is 0 Å². The summed E-state index contributed by atoms with van der Waals surface area (Å²) >= 11 is 0. The van der Waals surface area contributed by atoms with Gasteiger partial charge in [0.05, 0.1) is 11.8 Å². The molecule has 3 rings (SSSR count). The average Bonchev–Trinajstić information content (AvgIpc) is 3.18. The van der Waals surface area contributed by atoms with Crippen LogP contribution >= 0.6 is 24.8 Å². The fourth-order valence-electron chi connectivity index (χ4n) is 3.53. The summed E-state index contributed by atoms with van der Waals surface area (Å²) in [6.45, 7) is 1.83. The topological polar surface area (TPSA) is 50.2 Å². The van der Waals surface area contributed by atoms with Crippen LogP contribution in [0.5, 0.6) is 0 Å². The Bertz CT molecular complexity index is 533. The summed E-state index contributed by atoms with van der Waals surface area (Å²) < 4.78 is 40.8. The Balaban J connectivity index is 0.00000156. The first-order valence-electron chi connectivity index (χ1n) is 7.99. The van der Waals surface area contributed by atoms with Gasteiger partial charge < -0.3 is 10.2 Å². The quantitative estimate of drug-likeness (QED) is 0.843. The van der Waals surface area contributed by atoms with Crippen molar-refractivity contribution in [2.45, 2.75) is 25.6 Å². The molecule has 144 valence electrons. The van der Waals surface area contributed by atoms with E-state index in [2.05, 4.69) is 10.4 Å². The first-order chi connectivity index (χ1) is 10.9.